The molecule has 0 bridgehead atoms. The fraction of sp³-hybridized carbons (Fsp3) is 0.0769. The molecular weight excluding hydrogens is 278 g/mol. The van der Waals surface area contributed by atoms with Gasteiger partial charge in [-0.2, -0.15) is 10.2 Å². The summed E-state index contributed by atoms with van der Waals surface area (Å²) in [6.45, 7) is 0.378. The quantitative estimate of drug-likeness (QED) is 0.833. The number of carbonyl (C=O) groups excluding carboxylic acids is 1. The average molecular weight is 288 g/mol. The van der Waals surface area contributed by atoms with Crippen molar-refractivity contribution in [3.8, 4) is 6.07 Å². The van der Waals surface area contributed by atoms with Gasteiger partial charge in [-0.15, -0.1) is 0 Å². The van der Waals surface area contributed by atoms with Gasteiger partial charge in [-0.05, 0) is 29.3 Å². The van der Waals surface area contributed by atoms with E-state index in [-0.39, 0.29) is 5.28 Å². The summed E-state index contributed by atoms with van der Waals surface area (Å²) >= 11 is 5.69. The number of benzene rings is 1. The van der Waals surface area contributed by atoms with E-state index in [0.717, 1.165) is 5.56 Å². The van der Waals surface area contributed by atoms with Crippen LogP contribution in [-0.2, 0) is 6.54 Å². The molecule has 0 aliphatic carbocycles. The molecule has 1 heterocycles. The van der Waals surface area contributed by atoms with Gasteiger partial charge in [0.25, 0.3) is 0 Å². The minimum absolute atomic E-state index is 0.0531. The Hall–Kier alpha value is -2.65. The first-order valence-corrected chi connectivity index (χ1v) is 6.03. The number of amides is 1. The first kappa shape index (κ1) is 13.8. The Balaban J connectivity index is 2.17. The molecule has 0 saturated heterocycles. The normalized spacial score (nSPS) is 9.80. The van der Waals surface area contributed by atoms with Crippen molar-refractivity contribution in [2.75, 3.05) is 5.32 Å². The maximum absolute atomic E-state index is 11.1. The molecule has 0 spiro atoms. The van der Waals surface area contributed by atoms with Gasteiger partial charge in [-0.1, -0.05) is 12.1 Å². The molecule has 0 radical (unpaired) electrons. The summed E-state index contributed by atoms with van der Waals surface area (Å²) in [5, 5.41) is 12.0. The number of rotatable bonds is 4. The summed E-state index contributed by atoms with van der Waals surface area (Å²) in [6, 6.07) is 8.83. The standard InChI is InChI=1S/C13H10ClN5O/c14-13-18-7-10(5-15)12(19-13)17-6-8-2-1-3-9(4-8)11(16)20/h1-4,7H,6H2,(H2,16,20)(H,17,18,19). The number of hydrogen-bond donors (Lipinski definition) is 2. The predicted octanol–water partition coefficient (Wildman–Crippen LogP) is 1.71. The topological polar surface area (TPSA) is 105 Å². The third kappa shape index (κ3) is 3.22. The van der Waals surface area contributed by atoms with Crippen LogP contribution in [-0.4, -0.2) is 15.9 Å². The highest BCUT2D eigenvalue weighted by molar-refractivity contribution is 6.28. The highest BCUT2D eigenvalue weighted by atomic mass is 35.5. The first-order chi connectivity index (χ1) is 9.60. The van der Waals surface area contributed by atoms with E-state index in [4.69, 9.17) is 22.6 Å². The van der Waals surface area contributed by atoms with Crippen LogP contribution in [0.2, 0.25) is 5.28 Å². The van der Waals surface area contributed by atoms with Crippen LogP contribution >= 0.6 is 11.6 Å². The number of nitriles is 1. The van der Waals surface area contributed by atoms with Crippen LogP contribution in [0.3, 0.4) is 0 Å². The van der Waals surface area contributed by atoms with E-state index in [1.54, 1.807) is 18.2 Å². The van der Waals surface area contributed by atoms with Gasteiger partial charge in [0.1, 0.15) is 17.5 Å². The highest BCUT2D eigenvalue weighted by Crippen LogP contribution is 2.14. The molecule has 0 saturated carbocycles. The van der Waals surface area contributed by atoms with Crippen molar-refractivity contribution in [2.24, 2.45) is 5.73 Å². The summed E-state index contributed by atoms with van der Waals surface area (Å²) in [5.41, 5.74) is 6.76. The monoisotopic (exact) mass is 287 g/mol. The molecule has 20 heavy (non-hydrogen) atoms. The summed E-state index contributed by atoms with van der Waals surface area (Å²) in [5.74, 6) is -0.147. The van der Waals surface area contributed by atoms with Crippen molar-refractivity contribution >= 4 is 23.3 Å². The van der Waals surface area contributed by atoms with Crippen molar-refractivity contribution in [2.45, 2.75) is 6.54 Å². The predicted molar refractivity (Wildman–Crippen MR) is 74.0 cm³/mol. The lowest BCUT2D eigenvalue weighted by molar-refractivity contribution is 0.1000. The van der Waals surface area contributed by atoms with E-state index in [0.29, 0.717) is 23.5 Å². The second kappa shape index (κ2) is 5.99. The third-order valence-corrected chi connectivity index (χ3v) is 2.73. The molecule has 1 amide bonds. The molecule has 100 valence electrons. The van der Waals surface area contributed by atoms with Gasteiger partial charge in [-0.25, -0.2) is 4.98 Å². The zero-order valence-corrected chi connectivity index (χ0v) is 11.1. The Morgan fingerprint density at radius 2 is 2.30 bits per heavy atom. The Morgan fingerprint density at radius 1 is 1.50 bits per heavy atom. The number of hydrogen-bond acceptors (Lipinski definition) is 5. The number of nitrogens with two attached hydrogens (primary N) is 1. The van der Waals surface area contributed by atoms with Crippen molar-refractivity contribution in [1.82, 2.24) is 9.97 Å². The van der Waals surface area contributed by atoms with Crippen LogP contribution in [0, 0.1) is 11.3 Å². The van der Waals surface area contributed by atoms with Gasteiger partial charge in [0.15, 0.2) is 0 Å². The van der Waals surface area contributed by atoms with Gasteiger partial charge in [0.05, 0.1) is 6.20 Å². The number of primary amides is 1. The molecular formula is C13H10ClN5O. The van der Waals surface area contributed by atoms with Crippen LogP contribution in [0.4, 0.5) is 5.82 Å². The van der Waals surface area contributed by atoms with E-state index >= 15 is 0 Å². The lowest BCUT2D eigenvalue weighted by Gasteiger charge is -2.08. The first-order valence-electron chi connectivity index (χ1n) is 5.65. The Labute approximate surface area is 120 Å². The minimum Gasteiger partial charge on any atom is -0.366 e. The Morgan fingerprint density at radius 3 is 3.00 bits per heavy atom. The number of carbonyl (C=O) groups is 1. The fourth-order valence-corrected chi connectivity index (χ4v) is 1.73. The molecule has 6 nitrogen and oxygen atoms in total. The Kier molecular flexibility index (Phi) is 4.13. The summed E-state index contributed by atoms with van der Waals surface area (Å²) in [7, 11) is 0. The zero-order chi connectivity index (χ0) is 14.5. The van der Waals surface area contributed by atoms with Crippen LogP contribution in [0.15, 0.2) is 30.5 Å². The molecule has 0 aliphatic rings. The molecule has 0 aliphatic heterocycles. The largest absolute Gasteiger partial charge is 0.366 e. The fourth-order valence-electron chi connectivity index (χ4n) is 1.60. The maximum Gasteiger partial charge on any atom is 0.248 e. The molecule has 0 atom stereocenters. The molecule has 2 aromatic rings. The second-order valence-electron chi connectivity index (χ2n) is 3.93. The number of anilines is 1. The van der Waals surface area contributed by atoms with Crippen LogP contribution in [0.1, 0.15) is 21.5 Å². The summed E-state index contributed by atoms with van der Waals surface area (Å²) < 4.78 is 0. The van der Waals surface area contributed by atoms with Crippen LogP contribution in [0.25, 0.3) is 0 Å². The van der Waals surface area contributed by atoms with E-state index in [1.165, 1.54) is 6.20 Å². The van der Waals surface area contributed by atoms with Gasteiger partial charge in [0, 0.05) is 12.1 Å². The number of halogens is 1. The zero-order valence-electron chi connectivity index (χ0n) is 10.3. The van der Waals surface area contributed by atoms with Crippen LogP contribution < -0.4 is 11.1 Å². The van der Waals surface area contributed by atoms with Gasteiger partial charge < -0.3 is 11.1 Å². The third-order valence-electron chi connectivity index (χ3n) is 2.55. The SMILES string of the molecule is N#Cc1cnc(Cl)nc1NCc1cccc(C(N)=O)c1. The van der Waals surface area contributed by atoms with E-state index in [2.05, 4.69) is 15.3 Å². The van der Waals surface area contributed by atoms with Crippen molar-refractivity contribution in [3.05, 3.63) is 52.4 Å². The molecule has 0 unspecified atom stereocenters. The summed E-state index contributed by atoms with van der Waals surface area (Å²) in [4.78, 5) is 18.8. The molecule has 1 aromatic carbocycles. The molecule has 2 rings (SSSR count). The van der Waals surface area contributed by atoms with Crippen molar-refractivity contribution in [1.29, 1.82) is 5.26 Å². The lowest BCUT2D eigenvalue weighted by atomic mass is 10.1. The molecule has 0 fully saturated rings. The van der Waals surface area contributed by atoms with Crippen LogP contribution in [0.5, 0.6) is 0 Å². The highest BCUT2D eigenvalue weighted by Gasteiger charge is 2.06. The van der Waals surface area contributed by atoms with Crippen molar-refractivity contribution in [3.63, 3.8) is 0 Å². The minimum atomic E-state index is -0.491. The summed E-state index contributed by atoms with van der Waals surface area (Å²) in [6.07, 6.45) is 1.34. The van der Waals surface area contributed by atoms with E-state index < -0.39 is 5.91 Å². The molecule has 3 N–H and O–H groups in total. The second-order valence-corrected chi connectivity index (χ2v) is 4.27. The lowest BCUT2D eigenvalue weighted by Crippen LogP contribution is -2.11. The number of nitrogens with zero attached hydrogens (tertiary/aromatic N) is 3. The average Bonchev–Trinajstić information content (AvgIpc) is 2.45. The van der Waals surface area contributed by atoms with E-state index in [1.807, 2.05) is 12.1 Å². The molecule has 7 heteroatoms. The number of nitrogens with one attached hydrogen (secondary N) is 1. The Bertz CT molecular complexity index is 695. The van der Waals surface area contributed by atoms with Crippen molar-refractivity contribution < 1.29 is 4.79 Å². The van der Waals surface area contributed by atoms with Gasteiger partial charge in [0.2, 0.25) is 11.2 Å². The number of aromatic nitrogens is 2. The maximum atomic E-state index is 11.1. The van der Waals surface area contributed by atoms with Gasteiger partial charge >= 0.3 is 0 Å². The molecule has 1 aromatic heterocycles. The van der Waals surface area contributed by atoms with Gasteiger partial charge in [-0.3, -0.25) is 4.79 Å². The van der Waals surface area contributed by atoms with E-state index in [9.17, 15) is 4.79 Å². The smallest absolute Gasteiger partial charge is 0.248 e.